The molecule has 0 aliphatic heterocycles. The second-order valence-electron chi connectivity index (χ2n) is 4.16. The van der Waals surface area contributed by atoms with Crippen LogP contribution in [0.2, 0.25) is 0 Å². The Balaban J connectivity index is 2.17. The summed E-state index contributed by atoms with van der Waals surface area (Å²) in [6, 6.07) is 0.138. The van der Waals surface area contributed by atoms with E-state index in [0.29, 0.717) is 5.41 Å². The molecule has 1 fully saturated rings. The lowest BCUT2D eigenvalue weighted by Gasteiger charge is -2.19. The second-order valence-corrected chi connectivity index (χ2v) is 4.16. The SMILES string of the molecule is CCC1(C(N)c2cn(C)cn2)CC1. The van der Waals surface area contributed by atoms with Crippen LogP contribution in [-0.4, -0.2) is 9.55 Å². The first kappa shape index (κ1) is 8.75. The van der Waals surface area contributed by atoms with E-state index >= 15 is 0 Å². The first-order valence-electron chi connectivity index (χ1n) is 4.91. The molecule has 2 rings (SSSR count). The molecule has 72 valence electrons. The van der Waals surface area contributed by atoms with Gasteiger partial charge < -0.3 is 10.3 Å². The maximum atomic E-state index is 6.18. The molecule has 3 nitrogen and oxygen atoms in total. The zero-order chi connectivity index (χ0) is 9.47. The number of imidazole rings is 1. The summed E-state index contributed by atoms with van der Waals surface area (Å²) in [5, 5.41) is 0. The Morgan fingerprint density at radius 2 is 2.38 bits per heavy atom. The van der Waals surface area contributed by atoms with Crippen LogP contribution in [0.25, 0.3) is 0 Å². The molecule has 0 aromatic carbocycles. The van der Waals surface area contributed by atoms with Crippen LogP contribution in [0.15, 0.2) is 12.5 Å². The maximum absolute atomic E-state index is 6.18. The molecular weight excluding hydrogens is 162 g/mol. The minimum atomic E-state index is 0.138. The van der Waals surface area contributed by atoms with Gasteiger partial charge in [-0.3, -0.25) is 0 Å². The normalized spacial score (nSPS) is 21.5. The average Bonchev–Trinajstić information content (AvgIpc) is 2.82. The van der Waals surface area contributed by atoms with E-state index in [2.05, 4.69) is 11.9 Å². The highest BCUT2D eigenvalue weighted by Crippen LogP contribution is 2.55. The Hall–Kier alpha value is -0.830. The molecule has 0 spiro atoms. The summed E-state index contributed by atoms with van der Waals surface area (Å²) < 4.78 is 1.96. The molecule has 1 unspecified atom stereocenters. The molecule has 1 aromatic rings. The van der Waals surface area contributed by atoms with E-state index in [1.54, 1.807) is 0 Å². The van der Waals surface area contributed by atoms with E-state index < -0.39 is 0 Å². The minimum absolute atomic E-state index is 0.138. The van der Waals surface area contributed by atoms with Gasteiger partial charge in [0.1, 0.15) is 0 Å². The topological polar surface area (TPSA) is 43.8 Å². The predicted octanol–water partition coefficient (Wildman–Crippen LogP) is 1.61. The molecule has 1 saturated carbocycles. The van der Waals surface area contributed by atoms with Crippen molar-refractivity contribution in [2.24, 2.45) is 18.2 Å². The Kier molecular flexibility index (Phi) is 1.91. The van der Waals surface area contributed by atoms with Crippen molar-refractivity contribution in [2.45, 2.75) is 32.2 Å². The van der Waals surface area contributed by atoms with Crippen molar-refractivity contribution in [2.75, 3.05) is 0 Å². The molecule has 2 N–H and O–H groups in total. The van der Waals surface area contributed by atoms with Crippen LogP contribution in [0.3, 0.4) is 0 Å². The van der Waals surface area contributed by atoms with E-state index in [-0.39, 0.29) is 6.04 Å². The summed E-state index contributed by atoms with van der Waals surface area (Å²) in [4.78, 5) is 4.31. The van der Waals surface area contributed by atoms with Gasteiger partial charge in [0.15, 0.2) is 0 Å². The Morgan fingerprint density at radius 1 is 1.69 bits per heavy atom. The number of aryl methyl sites for hydroxylation is 1. The third-order valence-corrected chi connectivity index (χ3v) is 3.30. The molecule has 1 atom stereocenters. The number of hydrogen-bond acceptors (Lipinski definition) is 2. The van der Waals surface area contributed by atoms with Gasteiger partial charge in [-0.1, -0.05) is 6.92 Å². The van der Waals surface area contributed by atoms with Crippen molar-refractivity contribution in [3.63, 3.8) is 0 Å². The van der Waals surface area contributed by atoms with Crippen molar-refractivity contribution in [1.29, 1.82) is 0 Å². The van der Waals surface area contributed by atoms with Crippen molar-refractivity contribution in [3.8, 4) is 0 Å². The van der Waals surface area contributed by atoms with Gasteiger partial charge in [-0.15, -0.1) is 0 Å². The molecule has 13 heavy (non-hydrogen) atoms. The number of nitrogens with two attached hydrogens (primary N) is 1. The fourth-order valence-corrected chi connectivity index (χ4v) is 1.95. The Labute approximate surface area is 79.0 Å². The minimum Gasteiger partial charge on any atom is -0.340 e. The maximum Gasteiger partial charge on any atom is 0.0947 e. The Bertz CT molecular complexity index is 299. The van der Waals surface area contributed by atoms with Gasteiger partial charge in [-0.05, 0) is 24.7 Å². The lowest BCUT2D eigenvalue weighted by atomic mass is 9.92. The molecule has 1 aliphatic carbocycles. The van der Waals surface area contributed by atoms with Crippen molar-refractivity contribution in [3.05, 3.63) is 18.2 Å². The summed E-state index contributed by atoms with van der Waals surface area (Å²) in [5.41, 5.74) is 7.60. The van der Waals surface area contributed by atoms with Crippen LogP contribution in [0.5, 0.6) is 0 Å². The van der Waals surface area contributed by atoms with E-state index in [9.17, 15) is 0 Å². The van der Waals surface area contributed by atoms with Gasteiger partial charge in [0.2, 0.25) is 0 Å². The van der Waals surface area contributed by atoms with Crippen LogP contribution < -0.4 is 5.73 Å². The number of hydrogen-bond donors (Lipinski definition) is 1. The summed E-state index contributed by atoms with van der Waals surface area (Å²) in [5.74, 6) is 0. The van der Waals surface area contributed by atoms with Gasteiger partial charge in [0.05, 0.1) is 18.1 Å². The largest absolute Gasteiger partial charge is 0.340 e. The van der Waals surface area contributed by atoms with Crippen LogP contribution in [0, 0.1) is 5.41 Å². The standard InChI is InChI=1S/C10H17N3/c1-3-10(4-5-10)9(11)8-6-13(2)7-12-8/h6-7,9H,3-5,11H2,1-2H3. The smallest absolute Gasteiger partial charge is 0.0947 e. The molecule has 0 saturated heterocycles. The predicted molar refractivity (Wildman–Crippen MR) is 52.1 cm³/mol. The first-order chi connectivity index (χ1) is 6.18. The monoisotopic (exact) mass is 179 g/mol. The van der Waals surface area contributed by atoms with Gasteiger partial charge in [0.25, 0.3) is 0 Å². The fraction of sp³-hybridized carbons (Fsp3) is 0.700. The second kappa shape index (κ2) is 2.84. The van der Waals surface area contributed by atoms with E-state index in [4.69, 9.17) is 5.73 Å². The van der Waals surface area contributed by atoms with Gasteiger partial charge >= 0.3 is 0 Å². The highest BCUT2D eigenvalue weighted by Gasteiger charge is 2.47. The van der Waals surface area contributed by atoms with Crippen molar-refractivity contribution in [1.82, 2.24) is 9.55 Å². The lowest BCUT2D eigenvalue weighted by molar-refractivity contribution is 0.388. The van der Waals surface area contributed by atoms with Crippen LogP contribution in [0.4, 0.5) is 0 Å². The summed E-state index contributed by atoms with van der Waals surface area (Å²) >= 11 is 0. The number of nitrogens with zero attached hydrogens (tertiary/aromatic N) is 2. The number of rotatable bonds is 3. The highest BCUT2D eigenvalue weighted by atomic mass is 15.0. The zero-order valence-electron chi connectivity index (χ0n) is 8.33. The van der Waals surface area contributed by atoms with Gasteiger partial charge in [0, 0.05) is 13.2 Å². The van der Waals surface area contributed by atoms with Crippen LogP contribution in [-0.2, 0) is 7.05 Å². The van der Waals surface area contributed by atoms with Crippen LogP contribution in [0.1, 0.15) is 37.9 Å². The molecule has 3 heteroatoms. The molecule has 1 heterocycles. The van der Waals surface area contributed by atoms with Gasteiger partial charge in [-0.2, -0.15) is 0 Å². The summed E-state index contributed by atoms with van der Waals surface area (Å²) in [7, 11) is 1.98. The first-order valence-corrected chi connectivity index (χ1v) is 4.91. The fourth-order valence-electron chi connectivity index (χ4n) is 1.95. The summed E-state index contributed by atoms with van der Waals surface area (Å²) in [6.45, 7) is 2.22. The molecule has 1 aromatic heterocycles. The Morgan fingerprint density at radius 3 is 2.77 bits per heavy atom. The van der Waals surface area contributed by atoms with E-state index in [1.807, 2.05) is 24.1 Å². The third kappa shape index (κ3) is 1.37. The molecule has 1 aliphatic rings. The van der Waals surface area contributed by atoms with E-state index in [0.717, 1.165) is 5.69 Å². The number of aromatic nitrogens is 2. The zero-order valence-corrected chi connectivity index (χ0v) is 8.33. The highest BCUT2D eigenvalue weighted by molar-refractivity contribution is 5.13. The third-order valence-electron chi connectivity index (χ3n) is 3.30. The summed E-state index contributed by atoms with van der Waals surface area (Å²) in [6.07, 6.45) is 7.55. The quantitative estimate of drug-likeness (QED) is 0.766. The van der Waals surface area contributed by atoms with Gasteiger partial charge in [-0.25, -0.2) is 4.98 Å². The van der Waals surface area contributed by atoms with Crippen LogP contribution >= 0.6 is 0 Å². The van der Waals surface area contributed by atoms with Crippen molar-refractivity contribution >= 4 is 0 Å². The molecular formula is C10H17N3. The molecule has 0 bridgehead atoms. The molecule has 0 radical (unpaired) electrons. The van der Waals surface area contributed by atoms with E-state index in [1.165, 1.54) is 19.3 Å². The molecule has 0 amide bonds. The van der Waals surface area contributed by atoms with Crippen molar-refractivity contribution < 1.29 is 0 Å². The average molecular weight is 179 g/mol. The lowest BCUT2D eigenvalue weighted by Crippen LogP contribution is -2.22.